The van der Waals surface area contributed by atoms with E-state index in [-0.39, 0.29) is 0 Å². The molecule has 3 nitrogen and oxygen atoms in total. The normalized spacial score (nSPS) is 22.3. The second-order valence-electron chi connectivity index (χ2n) is 4.72. The van der Waals surface area contributed by atoms with Gasteiger partial charge in [-0.25, -0.2) is 13.6 Å². The Bertz CT molecular complexity index is 238. The molecular formula is C10H17F2NO2. The highest BCUT2D eigenvalue weighted by atomic mass is 19.3. The first kappa shape index (κ1) is 12.2. The van der Waals surface area contributed by atoms with E-state index in [1.807, 2.05) is 0 Å². The second-order valence-corrected chi connectivity index (χ2v) is 4.72. The molecule has 1 heterocycles. The molecule has 1 aliphatic heterocycles. The third kappa shape index (κ3) is 3.32. The maximum Gasteiger partial charge on any atom is 0.410 e. The van der Waals surface area contributed by atoms with Crippen LogP contribution in [0.15, 0.2) is 0 Å². The minimum absolute atomic E-state index is 0.358. The number of hydrogen-bond donors (Lipinski definition) is 0. The van der Waals surface area contributed by atoms with Crippen molar-refractivity contribution in [3.63, 3.8) is 0 Å². The van der Waals surface area contributed by atoms with Crippen molar-refractivity contribution in [2.24, 2.45) is 0 Å². The molecule has 0 aromatic rings. The van der Waals surface area contributed by atoms with E-state index in [4.69, 9.17) is 4.74 Å². The Morgan fingerprint density at radius 3 is 2.53 bits per heavy atom. The van der Waals surface area contributed by atoms with E-state index < -0.39 is 24.2 Å². The molecule has 1 rings (SSSR count). The van der Waals surface area contributed by atoms with Gasteiger partial charge in [0.05, 0.1) is 6.04 Å². The molecule has 0 bridgehead atoms. The van der Waals surface area contributed by atoms with Gasteiger partial charge in [0, 0.05) is 6.54 Å². The van der Waals surface area contributed by atoms with Crippen LogP contribution in [0.25, 0.3) is 0 Å². The minimum atomic E-state index is -2.49. The van der Waals surface area contributed by atoms with Gasteiger partial charge in [-0.15, -0.1) is 0 Å². The largest absolute Gasteiger partial charge is 0.444 e. The van der Waals surface area contributed by atoms with Crippen molar-refractivity contribution in [2.45, 2.75) is 51.7 Å². The van der Waals surface area contributed by atoms with Crippen molar-refractivity contribution in [3.05, 3.63) is 0 Å². The summed E-state index contributed by atoms with van der Waals surface area (Å²) in [6.45, 7) is 5.53. The van der Waals surface area contributed by atoms with Crippen molar-refractivity contribution < 1.29 is 18.3 Å². The number of halogens is 2. The lowest BCUT2D eigenvalue weighted by molar-refractivity contribution is -0.00225. The fourth-order valence-corrected chi connectivity index (χ4v) is 1.60. The maximum atomic E-state index is 12.5. The summed E-state index contributed by atoms with van der Waals surface area (Å²) in [5, 5.41) is 0. The highest BCUT2D eigenvalue weighted by molar-refractivity contribution is 5.69. The van der Waals surface area contributed by atoms with Crippen molar-refractivity contribution in [2.75, 3.05) is 6.54 Å². The van der Waals surface area contributed by atoms with Gasteiger partial charge in [-0.1, -0.05) is 0 Å². The summed E-state index contributed by atoms with van der Waals surface area (Å²) in [5.41, 5.74) is -0.633. The molecule has 0 aliphatic carbocycles. The molecule has 0 saturated carbocycles. The van der Waals surface area contributed by atoms with Crippen LogP contribution in [-0.2, 0) is 4.74 Å². The molecule has 0 radical (unpaired) electrons. The topological polar surface area (TPSA) is 29.5 Å². The van der Waals surface area contributed by atoms with E-state index in [2.05, 4.69) is 0 Å². The second kappa shape index (κ2) is 4.33. The standard InChI is InChI=1S/C10H17F2NO2/c1-10(2,3)15-9(14)13-6-4-5-7(13)8(11)12/h7-8H,4-6H2,1-3H3. The number of likely N-dealkylation sites (tertiary alicyclic amines) is 1. The molecule has 1 atom stereocenters. The van der Waals surface area contributed by atoms with Gasteiger partial charge in [-0.2, -0.15) is 0 Å². The van der Waals surface area contributed by atoms with Crippen LogP contribution in [-0.4, -0.2) is 35.6 Å². The van der Waals surface area contributed by atoms with Crippen LogP contribution in [0, 0.1) is 0 Å². The summed E-state index contributed by atoms with van der Waals surface area (Å²) >= 11 is 0. The fraction of sp³-hybridized carbons (Fsp3) is 0.900. The average Bonchev–Trinajstić information content (AvgIpc) is 2.47. The molecule has 1 fully saturated rings. The predicted molar refractivity (Wildman–Crippen MR) is 52.0 cm³/mol. The van der Waals surface area contributed by atoms with Crippen LogP contribution in [0.1, 0.15) is 33.6 Å². The number of carbonyl (C=O) groups excluding carboxylic acids is 1. The Morgan fingerprint density at radius 1 is 1.47 bits per heavy atom. The molecule has 5 heteroatoms. The smallest absolute Gasteiger partial charge is 0.410 e. The lowest BCUT2D eigenvalue weighted by Crippen LogP contribution is -2.42. The summed E-state index contributed by atoms with van der Waals surface area (Å²) < 4.78 is 30.1. The molecular weight excluding hydrogens is 204 g/mol. The highest BCUT2D eigenvalue weighted by Gasteiger charge is 2.37. The minimum Gasteiger partial charge on any atom is -0.444 e. The first-order valence-electron chi connectivity index (χ1n) is 5.09. The van der Waals surface area contributed by atoms with Crippen molar-refractivity contribution in [1.82, 2.24) is 4.90 Å². The zero-order chi connectivity index (χ0) is 11.6. The Labute approximate surface area is 88.4 Å². The number of carbonyl (C=O) groups is 1. The third-order valence-electron chi connectivity index (χ3n) is 2.22. The summed E-state index contributed by atoms with van der Waals surface area (Å²) in [7, 11) is 0. The average molecular weight is 221 g/mol. The van der Waals surface area contributed by atoms with Crippen LogP contribution < -0.4 is 0 Å². The Balaban J connectivity index is 2.59. The molecule has 88 valence electrons. The lowest BCUT2D eigenvalue weighted by atomic mass is 10.2. The molecule has 1 aliphatic rings. The van der Waals surface area contributed by atoms with Crippen LogP contribution in [0.3, 0.4) is 0 Å². The summed E-state index contributed by atoms with van der Waals surface area (Å²) in [6.07, 6.45) is -2.14. The highest BCUT2D eigenvalue weighted by Crippen LogP contribution is 2.24. The molecule has 0 aromatic carbocycles. The first-order chi connectivity index (χ1) is 6.81. The van der Waals surface area contributed by atoms with E-state index in [1.54, 1.807) is 20.8 Å². The Hall–Kier alpha value is -0.870. The van der Waals surface area contributed by atoms with Gasteiger partial charge in [-0.3, -0.25) is 4.90 Å². The van der Waals surface area contributed by atoms with E-state index >= 15 is 0 Å². The quantitative estimate of drug-likeness (QED) is 0.681. The Kier molecular flexibility index (Phi) is 3.52. The zero-order valence-electron chi connectivity index (χ0n) is 9.30. The van der Waals surface area contributed by atoms with E-state index in [1.165, 1.54) is 0 Å². The zero-order valence-corrected chi connectivity index (χ0v) is 9.30. The molecule has 1 unspecified atom stereocenters. The summed E-state index contributed by atoms with van der Waals surface area (Å²) in [4.78, 5) is 12.7. The molecule has 0 N–H and O–H groups in total. The monoisotopic (exact) mass is 221 g/mol. The molecule has 15 heavy (non-hydrogen) atoms. The molecule has 0 aromatic heterocycles. The van der Waals surface area contributed by atoms with Gasteiger partial charge in [-0.05, 0) is 33.6 Å². The summed E-state index contributed by atoms with van der Waals surface area (Å²) in [5.74, 6) is 0. The number of hydrogen-bond acceptors (Lipinski definition) is 2. The molecule has 1 saturated heterocycles. The van der Waals surface area contributed by atoms with Crippen LogP contribution in [0.2, 0.25) is 0 Å². The molecule has 1 amide bonds. The van der Waals surface area contributed by atoms with Gasteiger partial charge in [0.2, 0.25) is 0 Å². The van der Waals surface area contributed by atoms with Gasteiger partial charge >= 0.3 is 6.09 Å². The van der Waals surface area contributed by atoms with Crippen LogP contribution >= 0.6 is 0 Å². The Morgan fingerprint density at radius 2 is 2.07 bits per heavy atom. The summed E-state index contributed by atoms with van der Waals surface area (Å²) in [6, 6.07) is -0.972. The van der Waals surface area contributed by atoms with Crippen molar-refractivity contribution in [3.8, 4) is 0 Å². The predicted octanol–water partition coefficient (Wildman–Crippen LogP) is 2.65. The van der Waals surface area contributed by atoms with Gasteiger partial charge in [0.15, 0.2) is 0 Å². The number of nitrogens with zero attached hydrogens (tertiary/aromatic N) is 1. The first-order valence-corrected chi connectivity index (χ1v) is 5.09. The van der Waals surface area contributed by atoms with Gasteiger partial charge < -0.3 is 4.74 Å². The number of alkyl halides is 2. The number of ether oxygens (including phenoxy) is 1. The number of rotatable bonds is 1. The van der Waals surface area contributed by atoms with E-state index in [0.29, 0.717) is 19.4 Å². The number of amides is 1. The fourth-order valence-electron chi connectivity index (χ4n) is 1.60. The van der Waals surface area contributed by atoms with Crippen LogP contribution in [0.4, 0.5) is 13.6 Å². The van der Waals surface area contributed by atoms with Crippen LogP contribution in [0.5, 0.6) is 0 Å². The van der Waals surface area contributed by atoms with Gasteiger partial charge in [0.25, 0.3) is 6.43 Å². The lowest BCUT2D eigenvalue weighted by Gasteiger charge is -2.28. The van der Waals surface area contributed by atoms with E-state index in [0.717, 1.165) is 4.90 Å². The SMILES string of the molecule is CC(C)(C)OC(=O)N1CCCC1C(F)F. The van der Waals surface area contributed by atoms with Crippen molar-refractivity contribution >= 4 is 6.09 Å². The van der Waals surface area contributed by atoms with Crippen molar-refractivity contribution in [1.29, 1.82) is 0 Å². The molecule has 0 spiro atoms. The maximum absolute atomic E-state index is 12.5. The van der Waals surface area contributed by atoms with E-state index in [9.17, 15) is 13.6 Å². The van der Waals surface area contributed by atoms with Gasteiger partial charge in [0.1, 0.15) is 5.60 Å². The third-order valence-corrected chi connectivity index (χ3v) is 2.22.